The van der Waals surface area contributed by atoms with Crippen molar-refractivity contribution in [3.8, 4) is 0 Å². The first-order valence-electron chi connectivity index (χ1n) is 8.01. The van der Waals surface area contributed by atoms with Crippen LogP contribution in [-0.2, 0) is 4.79 Å². The van der Waals surface area contributed by atoms with Crippen molar-refractivity contribution >= 4 is 104 Å². The number of amides is 3. The Kier molecular flexibility index (Phi) is 7.30. The first kappa shape index (κ1) is 23.6. The van der Waals surface area contributed by atoms with Gasteiger partial charge in [-0.3, -0.25) is 14.9 Å². The van der Waals surface area contributed by atoms with Crippen LogP contribution in [0.4, 0.5) is 16.2 Å². The lowest BCUT2D eigenvalue weighted by Crippen LogP contribution is -2.46. The number of nitro benzene ring substituents is 1. The molecule has 1 fully saturated rings. The number of nitro groups is 1. The molecule has 2 aromatic rings. The molecular weight excluding hydrogens is 530 g/mol. The molecule has 0 bridgehead atoms. The van der Waals surface area contributed by atoms with E-state index in [1.54, 1.807) is 0 Å². The average molecular weight is 538 g/mol. The summed E-state index contributed by atoms with van der Waals surface area (Å²) in [6.45, 7) is 0. The molecule has 2 aromatic carbocycles. The van der Waals surface area contributed by atoms with E-state index in [2.05, 4.69) is 10.7 Å². The molecule has 0 unspecified atom stereocenters. The monoisotopic (exact) mass is 536 g/mol. The van der Waals surface area contributed by atoms with Crippen molar-refractivity contribution in [2.75, 3.05) is 5.32 Å². The molecule has 14 heteroatoms. The summed E-state index contributed by atoms with van der Waals surface area (Å²) in [5.74, 6) is -0.645. The smallest absolute Gasteiger partial charge is 0.307 e. The van der Waals surface area contributed by atoms with E-state index in [0.29, 0.717) is 10.7 Å². The van der Waals surface area contributed by atoms with Crippen LogP contribution >= 0.6 is 70.4 Å². The lowest BCUT2D eigenvalue weighted by atomic mass is 10.2. The Morgan fingerprint density at radius 2 is 1.81 bits per heavy atom. The zero-order valence-corrected chi connectivity index (χ0v) is 19.5. The largest absolute Gasteiger partial charge is 0.338 e. The highest BCUT2D eigenvalue weighted by Crippen LogP contribution is 2.36. The number of nitrogens with zero attached hydrogens (tertiary/aromatic N) is 2. The molecule has 0 spiro atoms. The maximum Gasteiger partial charge on any atom is 0.338 e. The van der Waals surface area contributed by atoms with Gasteiger partial charge in [-0.1, -0.05) is 58.2 Å². The molecule has 0 atom stereocenters. The molecule has 1 saturated heterocycles. The van der Waals surface area contributed by atoms with Gasteiger partial charge in [0.2, 0.25) is 0 Å². The van der Waals surface area contributed by atoms with Crippen molar-refractivity contribution < 1.29 is 14.5 Å². The third kappa shape index (κ3) is 5.40. The summed E-state index contributed by atoms with van der Waals surface area (Å²) in [5, 5.41) is 15.0. The van der Waals surface area contributed by atoms with Crippen molar-refractivity contribution in [2.24, 2.45) is 0 Å². The molecule has 0 aromatic heterocycles. The highest BCUT2D eigenvalue weighted by Gasteiger charge is 2.34. The van der Waals surface area contributed by atoms with E-state index in [-0.39, 0.29) is 35.5 Å². The van der Waals surface area contributed by atoms with Crippen LogP contribution < -0.4 is 10.7 Å². The van der Waals surface area contributed by atoms with Crippen molar-refractivity contribution in [3.05, 3.63) is 71.0 Å². The second-order valence-electron chi connectivity index (χ2n) is 5.79. The number of anilines is 1. The van der Waals surface area contributed by atoms with E-state index in [0.717, 1.165) is 22.8 Å². The molecule has 160 valence electrons. The number of thiocarbonyl (C=S) groups is 1. The fraction of sp³-hybridized carbons (Fsp3) is 0. The van der Waals surface area contributed by atoms with E-state index in [1.165, 1.54) is 30.3 Å². The van der Waals surface area contributed by atoms with Gasteiger partial charge in [-0.25, -0.2) is 10.2 Å². The molecule has 1 aliphatic rings. The second kappa shape index (κ2) is 9.60. The lowest BCUT2D eigenvalue weighted by molar-refractivity contribution is -0.384. The SMILES string of the molecule is O=C(Nc1ccc(Cl)c(Cl)c1)NN1C(=O)/C(=C/c2cc([N+](=O)[O-])c(Cl)cc2Cl)SC1=S. The maximum atomic E-state index is 12.7. The quantitative estimate of drug-likeness (QED) is 0.210. The number of hydrazine groups is 1. The number of carbonyl (C=O) groups excluding carboxylic acids is 2. The number of nitrogens with one attached hydrogen (secondary N) is 2. The van der Waals surface area contributed by atoms with Gasteiger partial charge >= 0.3 is 6.03 Å². The van der Waals surface area contributed by atoms with E-state index in [9.17, 15) is 19.7 Å². The van der Waals surface area contributed by atoms with Gasteiger partial charge in [0.25, 0.3) is 11.6 Å². The molecule has 3 rings (SSSR count). The number of benzene rings is 2. The Morgan fingerprint density at radius 3 is 2.45 bits per heavy atom. The van der Waals surface area contributed by atoms with Crippen molar-refractivity contribution in [2.45, 2.75) is 0 Å². The van der Waals surface area contributed by atoms with Gasteiger partial charge in [0.1, 0.15) is 5.02 Å². The predicted molar refractivity (Wildman–Crippen MR) is 127 cm³/mol. The first-order valence-corrected chi connectivity index (χ1v) is 10.7. The summed E-state index contributed by atoms with van der Waals surface area (Å²) < 4.78 is 0.0418. The van der Waals surface area contributed by atoms with Crippen LogP contribution in [0.2, 0.25) is 20.1 Å². The summed E-state index contributed by atoms with van der Waals surface area (Å²) >= 11 is 29.6. The normalized spacial score (nSPS) is 14.8. The first-order chi connectivity index (χ1) is 14.6. The van der Waals surface area contributed by atoms with E-state index >= 15 is 0 Å². The number of halogens is 4. The Balaban J connectivity index is 1.78. The Hall–Kier alpha value is -2.08. The number of thioether (sulfide) groups is 1. The molecule has 31 heavy (non-hydrogen) atoms. The third-order valence-electron chi connectivity index (χ3n) is 3.73. The summed E-state index contributed by atoms with van der Waals surface area (Å²) in [7, 11) is 0. The topological polar surface area (TPSA) is 105 Å². The molecular formula is C17H8Cl4N4O4S2. The van der Waals surface area contributed by atoms with Gasteiger partial charge in [-0.15, -0.1) is 0 Å². The van der Waals surface area contributed by atoms with Crippen LogP contribution in [0, 0.1) is 10.1 Å². The minimum Gasteiger partial charge on any atom is -0.307 e. The zero-order chi connectivity index (χ0) is 22.9. The Morgan fingerprint density at radius 1 is 1.10 bits per heavy atom. The van der Waals surface area contributed by atoms with Crippen molar-refractivity contribution in [3.63, 3.8) is 0 Å². The second-order valence-corrected chi connectivity index (χ2v) is 9.10. The molecule has 2 N–H and O–H groups in total. The molecule has 3 amide bonds. The van der Waals surface area contributed by atoms with Gasteiger partial charge in [0, 0.05) is 22.3 Å². The predicted octanol–water partition coefficient (Wildman–Crippen LogP) is 6.15. The minimum absolute atomic E-state index is 0.0418. The van der Waals surface area contributed by atoms with E-state index in [4.69, 9.17) is 58.6 Å². The molecule has 1 heterocycles. The lowest BCUT2D eigenvalue weighted by Gasteiger charge is -2.16. The van der Waals surface area contributed by atoms with E-state index in [1.807, 2.05) is 0 Å². The fourth-order valence-corrected chi connectivity index (χ4v) is 4.32. The molecule has 0 radical (unpaired) electrons. The van der Waals surface area contributed by atoms with Crippen LogP contribution in [0.15, 0.2) is 35.2 Å². The number of carbonyl (C=O) groups is 2. The van der Waals surface area contributed by atoms with Crippen LogP contribution in [0.5, 0.6) is 0 Å². The number of rotatable bonds is 4. The summed E-state index contributed by atoms with van der Waals surface area (Å²) in [4.78, 5) is 35.4. The van der Waals surface area contributed by atoms with Crippen molar-refractivity contribution in [1.82, 2.24) is 10.4 Å². The number of urea groups is 1. The molecule has 0 aliphatic carbocycles. The zero-order valence-electron chi connectivity index (χ0n) is 14.8. The summed E-state index contributed by atoms with van der Waals surface area (Å²) in [6.07, 6.45) is 1.32. The van der Waals surface area contributed by atoms with Crippen LogP contribution in [0.25, 0.3) is 6.08 Å². The maximum absolute atomic E-state index is 12.7. The van der Waals surface area contributed by atoms with Crippen LogP contribution in [0.1, 0.15) is 5.56 Å². The molecule has 1 aliphatic heterocycles. The Bertz CT molecular complexity index is 1180. The van der Waals surface area contributed by atoms with Crippen LogP contribution in [0.3, 0.4) is 0 Å². The Labute approximate surface area is 204 Å². The van der Waals surface area contributed by atoms with Gasteiger partial charge in [-0.05, 0) is 42.6 Å². The minimum atomic E-state index is -0.754. The third-order valence-corrected chi connectivity index (χ3v) is 6.41. The van der Waals surface area contributed by atoms with Gasteiger partial charge in [0.15, 0.2) is 4.32 Å². The highest BCUT2D eigenvalue weighted by molar-refractivity contribution is 8.26. The number of hydrogen-bond donors (Lipinski definition) is 2. The van der Waals surface area contributed by atoms with E-state index < -0.39 is 16.9 Å². The highest BCUT2D eigenvalue weighted by atomic mass is 35.5. The average Bonchev–Trinajstić information content (AvgIpc) is 2.94. The standard InChI is InChI=1S/C17H8Cl4N4O4S2/c18-9-2-1-8(5-11(9)20)22-16(27)23-24-15(26)14(31-17(24)30)4-7-3-13(25(28)29)12(21)6-10(7)19/h1-6H,(H2,22,23,27)/b14-4-. The van der Waals surface area contributed by atoms with Gasteiger partial charge in [0.05, 0.1) is 19.9 Å². The van der Waals surface area contributed by atoms with Crippen molar-refractivity contribution in [1.29, 1.82) is 0 Å². The fourth-order valence-electron chi connectivity index (χ4n) is 2.34. The summed E-state index contributed by atoms with van der Waals surface area (Å²) in [5.41, 5.74) is 2.49. The molecule has 0 saturated carbocycles. The van der Waals surface area contributed by atoms with Gasteiger partial charge < -0.3 is 5.32 Å². The van der Waals surface area contributed by atoms with Crippen LogP contribution in [-0.4, -0.2) is 26.2 Å². The van der Waals surface area contributed by atoms with Gasteiger partial charge in [-0.2, -0.15) is 5.01 Å². The summed E-state index contributed by atoms with van der Waals surface area (Å²) in [6, 6.07) is 6.04. The number of hydrogen-bond acceptors (Lipinski definition) is 6. The molecule has 8 nitrogen and oxygen atoms in total.